The molecule has 2 aromatic carbocycles. The maximum atomic E-state index is 12.8. The van der Waals surface area contributed by atoms with Crippen molar-refractivity contribution in [2.45, 2.75) is 38.6 Å². The Morgan fingerprint density at radius 1 is 0.962 bits per heavy atom. The fourth-order valence-electron chi connectivity index (χ4n) is 2.60. The van der Waals surface area contributed by atoms with Gasteiger partial charge in [-0.25, -0.2) is 8.42 Å². The zero-order valence-corrected chi connectivity index (χ0v) is 17.0. The highest BCUT2D eigenvalue weighted by atomic mass is 32.2. The highest BCUT2D eigenvalue weighted by molar-refractivity contribution is 7.89. The van der Waals surface area contributed by atoms with Gasteiger partial charge >= 0.3 is 0 Å². The van der Waals surface area contributed by atoms with Gasteiger partial charge in [0, 0.05) is 31.4 Å². The van der Waals surface area contributed by atoms with Gasteiger partial charge < -0.3 is 4.90 Å². The summed E-state index contributed by atoms with van der Waals surface area (Å²) in [5, 5.41) is 0. The molecule has 0 radical (unpaired) electrons. The number of amides is 1. The van der Waals surface area contributed by atoms with E-state index in [1.54, 1.807) is 31.1 Å². The summed E-state index contributed by atoms with van der Waals surface area (Å²) < 4.78 is 26.4. The van der Waals surface area contributed by atoms with Crippen LogP contribution in [-0.2, 0) is 10.0 Å². The van der Waals surface area contributed by atoms with E-state index in [1.165, 1.54) is 16.4 Å². The average molecular weight is 375 g/mol. The Balaban J connectivity index is 2.30. The number of hydrogen-bond donors (Lipinski definition) is 0. The molecule has 0 saturated carbocycles. The fourth-order valence-corrected chi connectivity index (χ4v) is 3.96. The summed E-state index contributed by atoms with van der Waals surface area (Å²) in [5.74, 6) is -0.181. The highest BCUT2D eigenvalue weighted by Crippen LogP contribution is 2.23. The van der Waals surface area contributed by atoms with Crippen molar-refractivity contribution in [1.29, 1.82) is 0 Å². The maximum Gasteiger partial charge on any atom is 0.258 e. The summed E-state index contributed by atoms with van der Waals surface area (Å²) in [4.78, 5) is 14.5. The summed E-state index contributed by atoms with van der Waals surface area (Å²) in [6.45, 7) is 7.56. The molecule has 0 aliphatic heterocycles. The molecule has 0 aliphatic carbocycles. The molecule has 0 spiro atoms. The molecule has 0 aliphatic rings. The smallest absolute Gasteiger partial charge is 0.258 e. The van der Waals surface area contributed by atoms with Crippen LogP contribution >= 0.6 is 0 Å². The molecule has 0 saturated heterocycles. The van der Waals surface area contributed by atoms with Crippen LogP contribution < -0.4 is 4.90 Å². The summed E-state index contributed by atoms with van der Waals surface area (Å²) in [5.41, 5.74) is 3.36. The van der Waals surface area contributed by atoms with E-state index in [9.17, 15) is 13.2 Å². The van der Waals surface area contributed by atoms with Gasteiger partial charge in [-0.2, -0.15) is 4.31 Å². The quantitative estimate of drug-likeness (QED) is 0.803. The maximum absolute atomic E-state index is 12.8. The number of rotatable bonds is 5. The summed E-state index contributed by atoms with van der Waals surface area (Å²) in [7, 11) is -0.285. The van der Waals surface area contributed by atoms with Crippen LogP contribution in [0, 0.1) is 13.8 Å². The number of aryl methyl sites for hydroxylation is 2. The minimum atomic E-state index is -3.56. The van der Waals surface area contributed by atoms with Crippen LogP contribution in [0.1, 0.15) is 35.3 Å². The molecule has 0 aromatic heterocycles. The van der Waals surface area contributed by atoms with Crippen molar-refractivity contribution in [3.05, 3.63) is 59.2 Å². The minimum Gasteiger partial charge on any atom is -0.311 e. The van der Waals surface area contributed by atoms with Crippen molar-refractivity contribution in [2.24, 2.45) is 0 Å². The van der Waals surface area contributed by atoms with E-state index >= 15 is 0 Å². The minimum absolute atomic E-state index is 0.142. The van der Waals surface area contributed by atoms with Gasteiger partial charge in [0.15, 0.2) is 0 Å². The Morgan fingerprint density at radius 3 is 2.08 bits per heavy atom. The molecule has 0 bridgehead atoms. The zero-order chi connectivity index (χ0) is 19.6. The normalized spacial score (nSPS) is 11.8. The third-order valence-electron chi connectivity index (χ3n) is 4.54. The number of sulfonamides is 1. The number of anilines is 1. The van der Waals surface area contributed by atoms with Gasteiger partial charge in [-0.15, -0.1) is 0 Å². The number of hydrogen-bond acceptors (Lipinski definition) is 3. The first-order valence-corrected chi connectivity index (χ1v) is 9.93. The molecular weight excluding hydrogens is 348 g/mol. The van der Waals surface area contributed by atoms with E-state index in [2.05, 4.69) is 0 Å². The van der Waals surface area contributed by atoms with Gasteiger partial charge in [0.05, 0.1) is 4.90 Å². The lowest BCUT2D eigenvalue weighted by Crippen LogP contribution is -2.33. The number of carbonyl (C=O) groups is 1. The number of benzene rings is 2. The Labute approximate surface area is 156 Å². The van der Waals surface area contributed by atoms with Crippen molar-refractivity contribution < 1.29 is 13.2 Å². The summed E-state index contributed by atoms with van der Waals surface area (Å²) in [6, 6.07) is 11.9. The Bertz CT molecular complexity index is 903. The molecular formula is C20H26N2O3S. The molecule has 0 heterocycles. The van der Waals surface area contributed by atoms with Crippen molar-refractivity contribution in [3.63, 3.8) is 0 Å². The molecule has 0 atom stereocenters. The van der Waals surface area contributed by atoms with Crippen LogP contribution in [0.4, 0.5) is 5.69 Å². The first-order valence-electron chi connectivity index (χ1n) is 8.49. The second-order valence-corrected chi connectivity index (χ2v) is 8.79. The predicted octanol–water partition coefficient (Wildman–Crippen LogP) is 3.61. The van der Waals surface area contributed by atoms with Crippen molar-refractivity contribution >= 4 is 21.6 Å². The molecule has 1 amide bonds. The van der Waals surface area contributed by atoms with Crippen LogP contribution in [0.15, 0.2) is 47.4 Å². The van der Waals surface area contributed by atoms with Crippen molar-refractivity contribution in [2.75, 3.05) is 19.0 Å². The van der Waals surface area contributed by atoms with Gasteiger partial charge in [0.25, 0.3) is 5.91 Å². The van der Waals surface area contributed by atoms with E-state index < -0.39 is 10.0 Å². The van der Waals surface area contributed by atoms with E-state index in [4.69, 9.17) is 0 Å². The second-order valence-electron chi connectivity index (χ2n) is 6.79. The first kappa shape index (κ1) is 20.1. The zero-order valence-electron chi connectivity index (χ0n) is 16.1. The van der Waals surface area contributed by atoms with Crippen LogP contribution in [-0.4, -0.2) is 38.8 Å². The largest absolute Gasteiger partial charge is 0.311 e. The average Bonchev–Trinajstić information content (AvgIpc) is 2.61. The topological polar surface area (TPSA) is 57.7 Å². The summed E-state index contributed by atoms with van der Waals surface area (Å²) >= 11 is 0. The predicted molar refractivity (Wildman–Crippen MR) is 105 cm³/mol. The standard InChI is InChI=1S/C20H26N2O3S/c1-14(2)22(6)26(24,25)18-11-9-17(10-12-18)20(23)21(5)19-13-15(3)7-8-16(19)4/h7-14H,1-6H3. The fraction of sp³-hybridized carbons (Fsp3) is 0.350. The van der Waals surface area contributed by atoms with Crippen molar-refractivity contribution in [3.8, 4) is 0 Å². The van der Waals surface area contributed by atoms with Crippen LogP contribution in [0.2, 0.25) is 0 Å². The molecule has 5 nitrogen and oxygen atoms in total. The molecule has 2 rings (SSSR count). The third-order valence-corrected chi connectivity index (χ3v) is 6.58. The third kappa shape index (κ3) is 3.97. The highest BCUT2D eigenvalue weighted by Gasteiger charge is 2.23. The molecule has 140 valence electrons. The van der Waals surface area contributed by atoms with Gasteiger partial charge in [-0.3, -0.25) is 4.79 Å². The van der Waals surface area contributed by atoms with Crippen LogP contribution in [0.3, 0.4) is 0 Å². The summed E-state index contributed by atoms with van der Waals surface area (Å²) in [6.07, 6.45) is 0. The molecule has 0 unspecified atom stereocenters. The van der Waals surface area contributed by atoms with Crippen molar-refractivity contribution in [1.82, 2.24) is 4.31 Å². The van der Waals surface area contributed by atoms with Crippen LogP contribution in [0.25, 0.3) is 0 Å². The second kappa shape index (κ2) is 7.60. The number of carbonyl (C=O) groups excluding carboxylic acids is 1. The SMILES string of the molecule is Cc1ccc(C)c(N(C)C(=O)c2ccc(S(=O)(=O)N(C)C(C)C)cc2)c1. The molecule has 6 heteroatoms. The van der Waals surface area contributed by atoms with E-state index in [0.717, 1.165) is 16.8 Å². The Hall–Kier alpha value is -2.18. The van der Waals surface area contributed by atoms with Crippen LogP contribution in [0.5, 0.6) is 0 Å². The van der Waals surface area contributed by atoms with E-state index in [0.29, 0.717) is 5.56 Å². The van der Waals surface area contributed by atoms with Gasteiger partial charge in [0.2, 0.25) is 10.0 Å². The lowest BCUT2D eigenvalue weighted by atomic mass is 10.1. The van der Waals surface area contributed by atoms with Gasteiger partial charge in [0.1, 0.15) is 0 Å². The lowest BCUT2D eigenvalue weighted by Gasteiger charge is -2.22. The number of nitrogens with zero attached hydrogens (tertiary/aromatic N) is 2. The van der Waals surface area contributed by atoms with E-state index in [1.807, 2.05) is 45.9 Å². The molecule has 26 heavy (non-hydrogen) atoms. The Kier molecular flexibility index (Phi) is 5.88. The Morgan fingerprint density at radius 2 is 1.54 bits per heavy atom. The lowest BCUT2D eigenvalue weighted by molar-refractivity contribution is 0.0992. The monoisotopic (exact) mass is 374 g/mol. The molecule has 0 fully saturated rings. The van der Waals surface area contributed by atoms with Gasteiger partial charge in [-0.05, 0) is 69.2 Å². The molecule has 0 N–H and O–H groups in total. The molecule has 2 aromatic rings. The first-order chi connectivity index (χ1) is 12.1. The van der Waals surface area contributed by atoms with E-state index in [-0.39, 0.29) is 16.8 Å². The van der Waals surface area contributed by atoms with Gasteiger partial charge in [-0.1, -0.05) is 12.1 Å².